The maximum Gasteiger partial charge on any atom is 0.135 e. The Hall–Kier alpha value is -1.43. The van der Waals surface area contributed by atoms with Crippen LogP contribution in [0.5, 0.6) is 0 Å². The van der Waals surface area contributed by atoms with Gasteiger partial charge in [0.15, 0.2) is 0 Å². The summed E-state index contributed by atoms with van der Waals surface area (Å²) < 4.78 is 5.07. The molecule has 6 heteroatoms. The maximum absolute atomic E-state index is 7.55. The van der Waals surface area contributed by atoms with Gasteiger partial charge in [-0.1, -0.05) is 23.7 Å². The van der Waals surface area contributed by atoms with Gasteiger partial charge in [-0.25, -0.2) is 4.98 Å². The number of ether oxygens (including phenoxy) is 1. The first kappa shape index (κ1) is 14.0. The minimum absolute atomic E-state index is 0.0295. The predicted octanol–water partition coefficient (Wildman–Crippen LogP) is 2.82. The van der Waals surface area contributed by atoms with Crippen LogP contribution in [0.1, 0.15) is 21.1 Å². The molecule has 0 amide bonds. The Morgan fingerprint density at radius 2 is 2.32 bits per heavy atom. The fourth-order valence-electron chi connectivity index (χ4n) is 1.74. The van der Waals surface area contributed by atoms with E-state index in [0.717, 1.165) is 16.3 Å². The number of rotatable bonds is 5. The van der Waals surface area contributed by atoms with Gasteiger partial charge < -0.3 is 10.5 Å². The molecular weight excluding hydrogens is 282 g/mol. The number of nitrogens with zero attached hydrogens (tertiary/aromatic N) is 1. The number of halogens is 1. The molecule has 3 N–H and O–H groups in total. The van der Waals surface area contributed by atoms with Gasteiger partial charge in [0, 0.05) is 18.6 Å². The molecular formula is C13H14ClN3OS. The van der Waals surface area contributed by atoms with Crippen LogP contribution in [0.25, 0.3) is 0 Å². The molecule has 0 saturated carbocycles. The highest BCUT2D eigenvalue weighted by Crippen LogP contribution is 2.22. The number of aromatic nitrogens is 1. The van der Waals surface area contributed by atoms with Crippen LogP contribution in [0.3, 0.4) is 0 Å². The molecule has 1 aromatic carbocycles. The number of hydrogen-bond donors (Lipinski definition) is 2. The molecule has 0 spiro atoms. The third kappa shape index (κ3) is 3.53. The fourth-order valence-corrected chi connectivity index (χ4v) is 2.92. The van der Waals surface area contributed by atoms with Gasteiger partial charge in [0.05, 0.1) is 22.2 Å². The van der Waals surface area contributed by atoms with Gasteiger partial charge in [-0.05, 0) is 17.7 Å². The lowest BCUT2D eigenvalue weighted by atomic mass is 10.2. The van der Waals surface area contributed by atoms with E-state index in [1.165, 1.54) is 11.3 Å². The van der Waals surface area contributed by atoms with E-state index in [4.69, 9.17) is 27.5 Å². The number of amidine groups is 1. The van der Waals surface area contributed by atoms with Crippen LogP contribution in [0.2, 0.25) is 5.02 Å². The van der Waals surface area contributed by atoms with Gasteiger partial charge in [-0.2, -0.15) is 0 Å². The van der Waals surface area contributed by atoms with Crippen molar-refractivity contribution in [2.75, 3.05) is 7.11 Å². The van der Waals surface area contributed by atoms with Crippen molar-refractivity contribution in [3.05, 3.63) is 50.4 Å². The smallest absolute Gasteiger partial charge is 0.135 e. The highest BCUT2D eigenvalue weighted by atomic mass is 35.5. The number of nitrogens with two attached hydrogens (primary N) is 1. The number of thiazole rings is 1. The second kappa shape index (κ2) is 6.14. The van der Waals surface area contributed by atoms with E-state index in [1.807, 2.05) is 24.3 Å². The van der Waals surface area contributed by atoms with Crippen LogP contribution in [0.4, 0.5) is 0 Å². The summed E-state index contributed by atoms with van der Waals surface area (Å²) in [6.07, 6.45) is 0.676. The van der Waals surface area contributed by atoms with E-state index in [1.54, 1.807) is 7.11 Å². The van der Waals surface area contributed by atoms with E-state index < -0.39 is 0 Å². The van der Waals surface area contributed by atoms with Crippen molar-refractivity contribution >= 4 is 28.8 Å². The summed E-state index contributed by atoms with van der Waals surface area (Å²) in [6, 6.07) is 7.65. The Morgan fingerprint density at radius 3 is 2.95 bits per heavy atom. The summed E-state index contributed by atoms with van der Waals surface area (Å²) >= 11 is 7.38. The molecule has 0 unspecified atom stereocenters. The van der Waals surface area contributed by atoms with Crippen molar-refractivity contribution in [3.63, 3.8) is 0 Å². The molecule has 1 aromatic heterocycles. The normalized spacial score (nSPS) is 10.6. The molecule has 0 bridgehead atoms. The maximum atomic E-state index is 7.55. The molecule has 0 saturated heterocycles. The van der Waals surface area contributed by atoms with Gasteiger partial charge >= 0.3 is 0 Å². The zero-order valence-electron chi connectivity index (χ0n) is 10.4. The average molecular weight is 296 g/mol. The molecule has 19 heavy (non-hydrogen) atoms. The summed E-state index contributed by atoms with van der Waals surface area (Å²) in [5.74, 6) is 0.0295. The lowest BCUT2D eigenvalue weighted by Crippen LogP contribution is -2.11. The molecule has 2 aromatic rings. The lowest BCUT2D eigenvalue weighted by molar-refractivity contribution is 0.182. The molecule has 4 nitrogen and oxygen atoms in total. The number of hydrogen-bond acceptors (Lipinski definition) is 4. The molecule has 0 atom stereocenters. The number of nitrogens with one attached hydrogen (secondary N) is 1. The van der Waals surface area contributed by atoms with Gasteiger partial charge in [-0.15, -0.1) is 11.3 Å². The molecule has 0 aliphatic carbocycles. The SMILES string of the molecule is COCc1nc(Cc2cccc(Cl)c2)sc1C(=N)N. The van der Waals surface area contributed by atoms with Crippen LogP contribution in [0, 0.1) is 5.41 Å². The van der Waals surface area contributed by atoms with Crippen molar-refractivity contribution in [1.29, 1.82) is 5.41 Å². The van der Waals surface area contributed by atoms with Gasteiger partial charge in [0.25, 0.3) is 0 Å². The van der Waals surface area contributed by atoms with E-state index in [2.05, 4.69) is 4.98 Å². The van der Waals surface area contributed by atoms with Gasteiger partial charge in [-0.3, -0.25) is 5.41 Å². The number of nitrogen functional groups attached to an aromatic ring is 1. The van der Waals surface area contributed by atoms with E-state index in [-0.39, 0.29) is 5.84 Å². The first-order chi connectivity index (χ1) is 9.10. The van der Waals surface area contributed by atoms with Crippen molar-refractivity contribution < 1.29 is 4.74 Å². The summed E-state index contributed by atoms with van der Waals surface area (Å²) in [4.78, 5) is 5.16. The van der Waals surface area contributed by atoms with Crippen molar-refractivity contribution in [3.8, 4) is 0 Å². The Morgan fingerprint density at radius 1 is 1.53 bits per heavy atom. The second-order valence-corrected chi connectivity index (χ2v) is 5.56. The Balaban J connectivity index is 2.25. The van der Waals surface area contributed by atoms with Crippen LogP contribution < -0.4 is 5.73 Å². The topological polar surface area (TPSA) is 72.0 Å². The average Bonchev–Trinajstić information content (AvgIpc) is 2.73. The number of benzene rings is 1. The van der Waals surface area contributed by atoms with Crippen molar-refractivity contribution in [2.45, 2.75) is 13.0 Å². The van der Waals surface area contributed by atoms with Gasteiger partial charge in [0.1, 0.15) is 5.84 Å². The largest absolute Gasteiger partial charge is 0.383 e. The third-order valence-electron chi connectivity index (χ3n) is 2.51. The van der Waals surface area contributed by atoms with Crippen molar-refractivity contribution in [2.24, 2.45) is 5.73 Å². The zero-order valence-corrected chi connectivity index (χ0v) is 12.0. The van der Waals surface area contributed by atoms with E-state index >= 15 is 0 Å². The standard InChI is InChI=1S/C13H14ClN3OS/c1-18-7-10-12(13(15)16)19-11(17-10)6-8-3-2-4-9(14)5-8/h2-5H,6-7H2,1H3,(H3,15,16). The minimum atomic E-state index is 0.0295. The number of methoxy groups -OCH3 is 1. The third-order valence-corrected chi connectivity index (χ3v) is 3.88. The quantitative estimate of drug-likeness (QED) is 0.658. The molecule has 0 radical (unpaired) electrons. The molecule has 2 rings (SSSR count). The monoisotopic (exact) mass is 295 g/mol. The summed E-state index contributed by atoms with van der Waals surface area (Å²) in [6.45, 7) is 0.362. The first-order valence-corrected chi connectivity index (χ1v) is 6.86. The molecule has 0 aliphatic rings. The highest BCUT2D eigenvalue weighted by Gasteiger charge is 2.13. The summed E-state index contributed by atoms with van der Waals surface area (Å²) in [5.41, 5.74) is 7.36. The Bertz CT molecular complexity index is 597. The van der Waals surface area contributed by atoms with E-state index in [9.17, 15) is 0 Å². The van der Waals surface area contributed by atoms with Crippen LogP contribution in [-0.4, -0.2) is 17.9 Å². The van der Waals surface area contributed by atoms with Crippen LogP contribution >= 0.6 is 22.9 Å². The van der Waals surface area contributed by atoms with Crippen molar-refractivity contribution in [1.82, 2.24) is 4.98 Å². The summed E-state index contributed by atoms with van der Waals surface area (Å²) in [5, 5.41) is 9.16. The Labute approximate surface area is 120 Å². The molecule has 0 aliphatic heterocycles. The zero-order chi connectivity index (χ0) is 13.8. The molecule has 0 fully saturated rings. The minimum Gasteiger partial charge on any atom is -0.383 e. The molecule has 100 valence electrons. The highest BCUT2D eigenvalue weighted by molar-refractivity contribution is 7.13. The second-order valence-electron chi connectivity index (χ2n) is 4.04. The van der Waals surface area contributed by atoms with Crippen LogP contribution in [-0.2, 0) is 17.8 Å². The fraction of sp³-hybridized carbons (Fsp3) is 0.231. The first-order valence-electron chi connectivity index (χ1n) is 5.66. The van der Waals surface area contributed by atoms with Gasteiger partial charge in [0.2, 0.25) is 0 Å². The predicted molar refractivity (Wildman–Crippen MR) is 78.1 cm³/mol. The Kier molecular flexibility index (Phi) is 4.52. The van der Waals surface area contributed by atoms with Crippen LogP contribution in [0.15, 0.2) is 24.3 Å². The summed E-state index contributed by atoms with van der Waals surface area (Å²) in [7, 11) is 1.60. The lowest BCUT2D eigenvalue weighted by Gasteiger charge is -1.98. The van der Waals surface area contributed by atoms with E-state index in [0.29, 0.717) is 22.9 Å². The molecule has 1 heterocycles.